The molecule has 178 valence electrons. The Labute approximate surface area is 202 Å². The number of hydrogen-bond donors (Lipinski definition) is 2. The number of quaternary nitrogens is 1. The first-order chi connectivity index (χ1) is 15.6. The van der Waals surface area contributed by atoms with Crippen molar-refractivity contribution in [2.45, 2.75) is 57.0 Å². The number of ether oxygens (including phenoxy) is 1. The number of nitrogens with zero attached hydrogens (tertiary/aromatic N) is 3. The van der Waals surface area contributed by atoms with E-state index in [9.17, 15) is 0 Å². The third-order valence-electron chi connectivity index (χ3n) is 7.79. The van der Waals surface area contributed by atoms with Crippen LogP contribution in [0.2, 0.25) is 10.0 Å². The molecule has 4 aliphatic heterocycles. The molecular formula is C23H28Cl2N3O5+. The first kappa shape index (κ1) is 22.8. The molecule has 2 N–H and O–H groups in total. The predicted molar refractivity (Wildman–Crippen MR) is 123 cm³/mol. The molecule has 2 saturated heterocycles. The second-order valence-electron chi connectivity index (χ2n) is 9.83. The van der Waals surface area contributed by atoms with Crippen LogP contribution in [0.1, 0.15) is 33.1 Å². The molecule has 4 heterocycles. The molecule has 1 saturated carbocycles. The lowest BCUT2D eigenvalue weighted by atomic mass is 9.77. The Kier molecular flexibility index (Phi) is 5.36. The smallest absolute Gasteiger partial charge is 0.414 e. The highest BCUT2D eigenvalue weighted by molar-refractivity contribution is 6.42. The van der Waals surface area contributed by atoms with E-state index in [0.29, 0.717) is 34.2 Å². The van der Waals surface area contributed by atoms with Crippen LogP contribution in [0.3, 0.4) is 0 Å². The minimum Gasteiger partial charge on any atom is -0.473 e. The number of carbonyl (C=O) groups is 2. The van der Waals surface area contributed by atoms with Crippen LogP contribution in [-0.4, -0.2) is 75.2 Å². The maximum absolute atomic E-state index is 9.10. The molecule has 33 heavy (non-hydrogen) atoms. The van der Waals surface area contributed by atoms with Crippen LogP contribution < -0.4 is 5.01 Å². The lowest BCUT2D eigenvalue weighted by Crippen LogP contribution is -2.64. The molecule has 0 radical (unpaired) electrons. The zero-order valence-electron chi connectivity index (χ0n) is 18.6. The van der Waals surface area contributed by atoms with Crippen LogP contribution in [0, 0.1) is 5.92 Å². The minimum absolute atomic E-state index is 0.199. The third kappa shape index (κ3) is 3.33. The number of carboxylic acids is 2. The molecule has 6 rings (SSSR count). The lowest BCUT2D eigenvalue weighted by Gasteiger charge is -2.50. The van der Waals surface area contributed by atoms with Gasteiger partial charge in [-0.15, -0.1) is 0 Å². The van der Waals surface area contributed by atoms with Gasteiger partial charge in [0.25, 0.3) is 0 Å². The average molecular weight is 497 g/mol. The molecule has 1 aromatic rings. The molecule has 1 aromatic carbocycles. The number of fused-ring (bicyclic) bond motifs is 4. The van der Waals surface area contributed by atoms with E-state index in [1.165, 1.54) is 36.0 Å². The third-order valence-corrected chi connectivity index (χ3v) is 8.53. The van der Waals surface area contributed by atoms with Crippen LogP contribution in [0.15, 0.2) is 30.0 Å². The van der Waals surface area contributed by atoms with Gasteiger partial charge >= 0.3 is 11.9 Å². The Morgan fingerprint density at radius 1 is 1.09 bits per heavy atom. The van der Waals surface area contributed by atoms with Crippen molar-refractivity contribution < 1.29 is 29.0 Å². The van der Waals surface area contributed by atoms with Gasteiger partial charge in [0.15, 0.2) is 6.54 Å². The largest absolute Gasteiger partial charge is 0.473 e. The summed E-state index contributed by atoms with van der Waals surface area (Å²) < 4.78 is 7.28. The second-order valence-corrected chi connectivity index (χ2v) is 10.6. The van der Waals surface area contributed by atoms with E-state index < -0.39 is 11.9 Å². The van der Waals surface area contributed by atoms with Gasteiger partial charge in [-0.2, -0.15) is 0 Å². The van der Waals surface area contributed by atoms with Crippen LogP contribution in [0.4, 0.5) is 5.69 Å². The Morgan fingerprint density at radius 3 is 2.36 bits per heavy atom. The average Bonchev–Trinajstić information content (AvgIpc) is 3.04. The van der Waals surface area contributed by atoms with E-state index in [1.807, 2.05) is 12.1 Å². The molecule has 4 unspecified atom stereocenters. The molecule has 2 bridgehead atoms. The van der Waals surface area contributed by atoms with Crippen LogP contribution in [0.5, 0.6) is 0 Å². The molecule has 6 atom stereocenters. The number of anilines is 1. The summed E-state index contributed by atoms with van der Waals surface area (Å²) >= 11 is 12.6. The summed E-state index contributed by atoms with van der Waals surface area (Å²) in [5.41, 5.74) is 3.01. The molecule has 3 fully saturated rings. The summed E-state index contributed by atoms with van der Waals surface area (Å²) in [5, 5.41) is 21.2. The molecule has 10 heteroatoms. The number of carboxylic acid groups (broad SMARTS) is 2. The fraction of sp³-hybridized carbons (Fsp3) is 0.565. The van der Waals surface area contributed by atoms with Gasteiger partial charge in [-0.05, 0) is 50.5 Å². The van der Waals surface area contributed by atoms with Gasteiger partial charge in [-0.1, -0.05) is 29.6 Å². The van der Waals surface area contributed by atoms with Crippen LogP contribution in [0.25, 0.3) is 0 Å². The molecular weight excluding hydrogens is 469 g/mol. The van der Waals surface area contributed by atoms with E-state index >= 15 is 0 Å². The minimum atomic E-state index is -1.82. The Balaban J connectivity index is 0.000000340. The van der Waals surface area contributed by atoms with Gasteiger partial charge in [0.2, 0.25) is 5.66 Å². The standard InChI is InChI=1S/C21H26Cl2N3O.C2H2O4/c1-13-10-26(11-14(2)27-13)12-21(26)17-4-3-5-20-16(17)9-24(21)25(20)15-6-7-18(22)19(23)8-15;3-1(4)2(5)6/h6-9,13-14,17,20H,3-5,10-12H2,1-2H3;(H,3,4)(H,5,6)/q+1;/t13-,14+,17?,20?,21?,26?;. The number of hydrogen-bond acceptors (Lipinski definition) is 5. The quantitative estimate of drug-likeness (QED) is 0.348. The van der Waals surface area contributed by atoms with Gasteiger partial charge in [-0.3, -0.25) is 9.49 Å². The Morgan fingerprint density at radius 2 is 1.76 bits per heavy atom. The number of hydrazine groups is 1. The normalized spacial score (nSPS) is 37.6. The SMILES string of the molecule is C[C@@H]1C[N+]2(C[C@H](C)O1)CC21C2CCCC3C2=CN1N3c1ccc(Cl)c(Cl)c1.O=C(O)C(=O)O. The van der Waals surface area contributed by atoms with E-state index in [2.05, 4.69) is 36.1 Å². The van der Waals surface area contributed by atoms with Crippen LogP contribution in [-0.2, 0) is 14.3 Å². The highest BCUT2D eigenvalue weighted by atomic mass is 35.5. The maximum atomic E-state index is 9.10. The molecule has 5 aliphatic rings. The fourth-order valence-corrected chi connectivity index (χ4v) is 7.18. The van der Waals surface area contributed by atoms with Crippen molar-refractivity contribution in [2.75, 3.05) is 24.6 Å². The fourth-order valence-electron chi connectivity index (χ4n) is 6.89. The first-order valence-electron chi connectivity index (χ1n) is 11.3. The Hall–Kier alpha value is -2.00. The molecule has 1 aliphatic carbocycles. The van der Waals surface area contributed by atoms with Gasteiger partial charge in [-0.25, -0.2) is 14.6 Å². The monoisotopic (exact) mass is 496 g/mol. The van der Waals surface area contributed by atoms with Crippen molar-refractivity contribution in [3.05, 3.63) is 40.0 Å². The van der Waals surface area contributed by atoms with Crippen molar-refractivity contribution >= 4 is 40.8 Å². The van der Waals surface area contributed by atoms with Crippen molar-refractivity contribution in [1.82, 2.24) is 5.01 Å². The number of morpholine rings is 1. The summed E-state index contributed by atoms with van der Waals surface area (Å²) in [6.45, 7) is 7.96. The molecule has 2 spiro atoms. The predicted octanol–water partition coefficient (Wildman–Crippen LogP) is 3.59. The van der Waals surface area contributed by atoms with Gasteiger partial charge in [0.05, 0.1) is 27.7 Å². The van der Waals surface area contributed by atoms with E-state index in [-0.39, 0.29) is 5.66 Å². The molecule has 0 aromatic heterocycles. The van der Waals surface area contributed by atoms with Crippen molar-refractivity contribution in [3.63, 3.8) is 0 Å². The van der Waals surface area contributed by atoms with Gasteiger partial charge in [0.1, 0.15) is 25.3 Å². The van der Waals surface area contributed by atoms with E-state index in [0.717, 1.165) is 13.1 Å². The summed E-state index contributed by atoms with van der Waals surface area (Å²) in [4.78, 5) is 18.2. The first-order valence-corrected chi connectivity index (χ1v) is 12.1. The zero-order chi connectivity index (χ0) is 23.7. The van der Waals surface area contributed by atoms with E-state index in [1.54, 1.807) is 5.57 Å². The van der Waals surface area contributed by atoms with Crippen molar-refractivity contribution in [1.29, 1.82) is 0 Å². The number of benzene rings is 1. The van der Waals surface area contributed by atoms with Crippen LogP contribution >= 0.6 is 23.2 Å². The van der Waals surface area contributed by atoms with Gasteiger partial charge < -0.3 is 14.9 Å². The Bertz CT molecular complexity index is 1030. The van der Waals surface area contributed by atoms with E-state index in [4.69, 9.17) is 47.7 Å². The number of aliphatic carboxylic acids is 2. The van der Waals surface area contributed by atoms with Crippen molar-refractivity contribution in [2.24, 2.45) is 5.92 Å². The highest BCUT2D eigenvalue weighted by Crippen LogP contribution is 2.65. The summed E-state index contributed by atoms with van der Waals surface area (Å²) in [6.07, 6.45) is 6.99. The number of halogens is 2. The topological polar surface area (TPSA) is 90.3 Å². The highest BCUT2D eigenvalue weighted by Gasteiger charge is 2.83. The lowest BCUT2D eigenvalue weighted by molar-refractivity contribution is -0.857. The number of rotatable bonds is 1. The van der Waals surface area contributed by atoms with Crippen molar-refractivity contribution in [3.8, 4) is 0 Å². The van der Waals surface area contributed by atoms with Gasteiger partial charge in [0, 0.05) is 6.20 Å². The molecule has 0 amide bonds. The molecule has 8 nitrogen and oxygen atoms in total. The summed E-state index contributed by atoms with van der Waals surface area (Å²) in [5.74, 6) is -2.95. The maximum Gasteiger partial charge on any atom is 0.414 e. The summed E-state index contributed by atoms with van der Waals surface area (Å²) in [6, 6.07) is 6.58. The second kappa shape index (κ2) is 7.77. The zero-order valence-corrected chi connectivity index (χ0v) is 20.1. The summed E-state index contributed by atoms with van der Waals surface area (Å²) in [7, 11) is 0.